The van der Waals surface area contributed by atoms with Gasteiger partial charge in [-0.05, 0) is 16.8 Å². The molecule has 0 saturated carbocycles. The van der Waals surface area contributed by atoms with Crippen LogP contribution in [-0.4, -0.2) is 27.4 Å². The Labute approximate surface area is 100 Å². The fourth-order valence-corrected chi connectivity index (χ4v) is 5.02. The van der Waals surface area contributed by atoms with Gasteiger partial charge in [0.05, 0.1) is 15.2 Å². The maximum absolute atomic E-state index is 11.5. The molecule has 0 bridgehead atoms. The topological polar surface area (TPSA) is 26.3 Å². The van der Waals surface area contributed by atoms with Crippen molar-refractivity contribution in [3.05, 3.63) is 10.9 Å². The second-order valence-corrected chi connectivity index (χ2v) is 11.6. The third-order valence-corrected chi connectivity index (χ3v) is 7.61. The third-order valence-electron chi connectivity index (χ3n) is 2.03. The Bertz CT molecular complexity index is 366. The molecule has 0 spiro atoms. The van der Waals surface area contributed by atoms with Gasteiger partial charge < -0.3 is 4.74 Å². The zero-order chi connectivity index (χ0) is 11.6. The van der Waals surface area contributed by atoms with Gasteiger partial charge in [0.15, 0.2) is 0 Å². The molecule has 0 aliphatic heterocycles. The van der Waals surface area contributed by atoms with Gasteiger partial charge in [-0.1, -0.05) is 19.6 Å². The number of esters is 1. The van der Waals surface area contributed by atoms with Crippen molar-refractivity contribution in [3.63, 3.8) is 0 Å². The maximum Gasteiger partial charge on any atom is 0.349 e. The number of hydrogen-bond donors (Lipinski definition) is 0. The standard InChI is InChI=1S/C10H16O2S2Si/c1-12-10(11)9-7(13-2)6-8(14-9)15(3,4)5/h6H,1-5H3. The fraction of sp³-hybridized carbons (Fsp3) is 0.500. The molecule has 0 radical (unpaired) electrons. The molecule has 1 aromatic rings. The summed E-state index contributed by atoms with van der Waals surface area (Å²) in [6, 6.07) is 2.15. The summed E-state index contributed by atoms with van der Waals surface area (Å²) in [6.45, 7) is 6.85. The Morgan fingerprint density at radius 3 is 2.47 bits per heavy atom. The first-order valence-electron chi connectivity index (χ1n) is 4.66. The lowest BCUT2D eigenvalue weighted by molar-refractivity contribution is 0.0603. The van der Waals surface area contributed by atoms with Crippen LogP contribution in [0.4, 0.5) is 0 Å². The van der Waals surface area contributed by atoms with Crippen molar-refractivity contribution in [1.82, 2.24) is 0 Å². The Morgan fingerprint density at radius 1 is 1.47 bits per heavy atom. The summed E-state index contributed by atoms with van der Waals surface area (Å²) in [5.41, 5.74) is 0. The summed E-state index contributed by atoms with van der Waals surface area (Å²) in [7, 11) is 0.110. The van der Waals surface area contributed by atoms with E-state index in [4.69, 9.17) is 4.74 Å². The van der Waals surface area contributed by atoms with E-state index in [2.05, 4.69) is 25.7 Å². The second-order valence-electron chi connectivity index (χ2n) is 4.25. The van der Waals surface area contributed by atoms with Crippen LogP contribution < -0.4 is 4.50 Å². The zero-order valence-corrected chi connectivity index (χ0v) is 12.3. The molecule has 0 atom stereocenters. The Hall–Kier alpha value is -0.263. The minimum Gasteiger partial charge on any atom is -0.465 e. The van der Waals surface area contributed by atoms with Gasteiger partial charge in [0, 0.05) is 4.90 Å². The SMILES string of the molecule is COC(=O)c1sc([Si](C)(C)C)cc1SC. The van der Waals surface area contributed by atoms with Gasteiger partial charge in [-0.3, -0.25) is 0 Å². The fourth-order valence-electron chi connectivity index (χ4n) is 1.13. The number of carbonyl (C=O) groups excluding carboxylic acids is 1. The highest BCUT2D eigenvalue weighted by Crippen LogP contribution is 2.27. The summed E-state index contributed by atoms with van der Waals surface area (Å²) in [5.74, 6) is -0.214. The van der Waals surface area contributed by atoms with E-state index in [9.17, 15) is 4.79 Å². The second kappa shape index (κ2) is 4.72. The molecule has 15 heavy (non-hydrogen) atoms. The minimum absolute atomic E-state index is 0.214. The van der Waals surface area contributed by atoms with Crippen LogP contribution in [0.25, 0.3) is 0 Å². The van der Waals surface area contributed by atoms with Crippen LogP contribution in [0.15, 0.2) is 11.0 Å². The van der Waals surface area contributed by atoms with Crippen LogP contribution in [0.1, 0.15) is 9.67 Å². The molecule has 1 rings (SSSR count). The molecule has 0 aliphatic carbocycles. The average molecular weight is 260 g/mol. The lowest BCUT2D eigenvalue weighted by Gasteiger charge is -2.12. The predicted octanol–water partition coefficient (Wildman–Crippen LogP) is 2.80. The van der Waals surface area contributed by atoms with Crippen molar-refractivity contribution < 1.29 is 9.53 Å². The van der Waals surface area contributed by atoms with E-state index in [-0.39, 0.29) is 5.97 Å². The van der Waals surface area contributed by atoms with Crippen LogP contribution in [0.2, 0.25) is 19.6 Å². The van der Waals surface area contributed by atoms with Crippen LogP contribution in [0.3, 0.4) is 0 Å². The van der Waals surface area contributed by atoms with Gasteiger partial charge >= 0.3 is 5.97 Å². The largest absolute Gasteiger partial charge is 0.465 e. The van der Waals surface area contributed by atoms with E-state index in [1.807, 2.05) is 6.26 Å². The van der Waals surface area contributed by atoms with Gasteiger partial charge in [-0.15, -0.1) is 23.1 Å². The summed E-state index contributed by atoms with van der Waals surface area (Å²) in [5, 5.41) is 0. The maximum atomic E-state index is 11.5. The quantitative estimate of drug-likeness (QED) is 0.475. The van der Waals surface area contributed by atoms with Crippen LogP contribution in [-0.2, 0) is 4.74 Å². The molecule has 84 valence electrons. The number of rotatable bonds is 3. The molecule has 1 aromatic heterocycles. The first-order chi connectivity index (χ1) is 6.90. The summed E-state index contributed by atoms with van der Waals surface area (Å²) >= 11 is 3.20. The summed E-state index contributed by atoms with van der Waals surface area (Å²) in [6.07, 6.45) is 1.99. The van der Waals surface area contributed by atoms with Crippen molar-refractivity contribution in [3.8, 4) is 0 Å². The number of hydrogen-bond acceptors (Lipinski definition) is 4. The number of methoxy groups -OCH3 is 1. The monoisotopic (exact) mass is 260 g/mol. The Morgan fingerprint density at radius 2 is 2.07 bits per heavy atom. The van der Waals surface area contributed by atoms with E-state index < -0.39 is 8.07 Å². The number of carbonyl (C=O) groups is 1. The van der Waals surface area contributed by atoms with Crippen molar-refractivity contribution in [1.29, 1.82) is 0 Å². The third kappa shape index (κ3) is 2.86. The molecule has 0 unspecified atom stereocenters. The van der Waals surface area contributed by atoms with Gasteiger partial charge in [0.2, 0.25) is 0 Å². The highest BCUT2D eigenvalue weighted by Gasteiger charge is 2.24. The summed E-state index contributed by atoms with van der Waals surface area (Å²) in [4.78, 5) is 13.3. The van der Waals surface area contributed by atoms with E-state index in [1.54, 1.807) is 23.1 Å². The van der Waals surface area contributed by atoms with Crippen molar-refractivity contribution in [2.45, 2.75) is 24.5 Å². The molecular formula is C10H16O2S2Si. The van der Waals surface area contributed by atoms with E-state index in [0.717, 1.165) is 9.77 Å². The van der Waals surface area contributed by atoms with Crippen LogP contribution in [0, 0.1) is 0 Å². The Kier molecular flexibility index (Phi) is 4.03. The van der Waals surface area contributed by atoms with Crippen LogP contribution >= 0.6 is 23.1 Å². The van der Waals surface area contributed by atoms with Gasteiger partial charge in [-0.25, -0.2) is 4.79 Å². The smallest absolute Gasteiger partial charge is 0.349 e. The van der Waals surface area contributed by atoms with E-state index in [1.165, 1.54) is 11.6 Å². The molecule has 0 aliphatic rings. The van der Waals surface area contributed by atoms with Crippen molar-refractivity contribution >= 4 is 41.6 Å². The molecule has 0 N–H and O–H groups in total. The summed E-state index contributed by atoms with van der Waals surface area (Å²) < 4.78 is 6.13. The molecule has 5 heteroatoms. The number of thioether (sulfide) groups is 1. The highest BCUT2D eigenvalue weighted by atomic mass is 32.2. The van der Waals surface area contributed by atoms with E-state index >= 15 is 0 Å². The van der Waals surface area contributed by atoms with Crippen molar-refractivity contribution in [2.24, 2.45) is 0 Å². The van der Waals surface area contributed by atoms with Gasteiger partial charge in [-0.2, -0.15) is 0 Å². The van der Waals surface area contributed by atoms with Crippen molar-refractivity contribution in [2.75, 3.05) is 13.4 Å². The normalized spacial score (nSPS) is 11.5. The lowest BCUT2D eigenvalue weighted by atomic mass is 10.5. The number of thiophene rings is 1. The minimum atomic E-state index is -1.32. The van der Waals surface area contributed by atoms with Crippen LogP contribution in [0.5, 0.6) is 0 Å². The first kappa shape index (κ1) is 12.8. The molecule has 0 amide bonds. The zero-order valence-electron chi connectivity index (χ0n) is 9.71. The predicted molar refractivity (Wildman–Crippen MR) is 70.4 cm³/mol. The van der Waals surface area contributed by atoms with E-state index in [0.29, 0.717) is 0 Å². The first-order valence-corrected chi connectivity index (χ1v) is 10.2. The molecule has 1 heterocycles. The average Bonchev–Trinajstić information content (AvgIpc) is 2.59. The Balaban J connectivity index is 3.17. The van der Waals surface area contributed by atoms with Gasteiger partial charge in [0.25, 0.3) is 0 Å². The highest BCUT2D eigenvalue weighted by molar-refractivity contribution is 7.98. The molecule has 2 nitrogen and oxygen atoms in total. The molecule has 0 saturated heterocycles. The van der Waals surface area contributed by atoms with Gasteiger partial charge in [0.1, 0.15) is 4.88 Å². The molecule has 0 aromatic carbocycles. The number of ether oxygens (including phenoxy) is 1. The molecule has 0 fully saturated rings. The molecular weight excluding hydrogens is 244 g/mol. The lowest BCUT2D eigenvalue weighted by Crippen LogP contribution is -2.34.